The van der Waals surface area contributed by atoms with Crippen LogP contribution < -0.4 is 15.4 Å². The summed E-state index contributed by atoms with van der Waals surface area (Å²) in [5, 5.41) is 6.41. The van der Waals surface area contributed by atoms with E-state index in [1.54, 1.807) is 7.05 Å². The number of hydrogen-bond acceptors (Lipinski definition) is 3. The molecular formula is C17H28BrN3O2S. The Morgan fingerprint density at radius 2 is 2.00 bits per heavy atom. The molecular weight excluding hydrogens is 390 g/mol. The number of aliphatic imine (C=N–C) groups is 1. The molecule has 0 heterocycles. The first kappa shape index (κ1) is 21.0. The fourth-order valence-corrected chi connectivity index (χ4v) is 3.11. The highest BCUT2D eigenvalue weighted by atomic mass is 79.9. The van der Waals surface area contributed by atoms with Crippen molar-refractivity contribution in [1.29, 1.82) is 0 Å². The molecule has 7 heteroatoms. The van der Waals surface area contributed by atoms with Crippen LogP contribution in [-0.4, -0.2) is 46.9 Å². The largest absolute Gasteiger partial charge is 0.488 e. The molecule has 0 aliphatic heterocycles. The number of ether oxygens (including phenoxy) is 1. The average Bonchev–Trinajstić information content (AvgIpc) is 2.51. The van der Waals surface area contributed by atoms with Gasteiger partial charge in [-0.25, -0.2) is 0 Å². The first-order chi connectivity index (χ1) is 11.2. The van der Waals surface area contributed by atoms with Crippen molar-refractivity contribution in [2.45, 2.75) is 38.5 Å². The molecule has 2 N–H and O–H groups in total. The number of rotatable bonds is 7. The van der Waals surface area contributed by atoms with Crippen LogP contribution in [0.2, 0.25) is 0 Å². The second kappa shape index (κ2) is 10.0. The van der Waals surface area contributed by atoms with Gasteiger partial charge in [0.2, 0.25) is 0 Å². The van der Waals surface area contributed by atoms with Gasteiger partial charge < -0.3 is 15.4 Å². The minimum Gasteiger partial charge on any atom is -0.488 e. The fraction of sp³-hybridized carbons (Fsp3) is 0.588. The number of para-hydroxylation sites is 1. The van der Waals surface area contributed by atoms with Gasteiger partial charge in [0, 0.05) is 34.9 Å². The van der Waals surface area contributed by atoms with Crippen LogP contribution in [0.4, 0.5) is 0 Å². The van der Waals surface area contributed by atoms with Gasteiger partial charge in [0.05, 0.1) is 11.0 Å². The molecule has 0 radical (unpaired) electrons. The van der Waals surface area contributed by atoms with Gasteiger partial charge in [-0.2, -0.15) is 0 Å². The lowest BCUT2D eigenvalue weighted by atomic mass is 10.3. The third-order valence-corrected chi connectivity index (χ3v) is 5.80. The SMILES string of the molecule is CN=C(NCCS(=O)C(C)(C)C)NCC(C)Oc1ccccc1Br. The molecule has 0 aliphatic rings. The molecule has 2 atom stereocenters. The van der Waals surface area contributed by atoms with Gasteiger partial charge in [-0.1, -0.05) is 12.1 Å². The Morgan fingerprint density at radius 3 is 2.58 bits per heavy atom. The van der Waals surface area contributed by atoms with Crippen LogP contribution in [0, 0.1) is 0 Å². The first-order valence-electron chi connectivity index (χ1n) is 7.98. The van der Waals surface area contributed by atoms with Crippen LogP contribution in [-0.2, 0) is 10.8 Å². The Balaban J connectivity index is 2.36. The maximum Gasteiger partial charge on any atom is 0.191 e. The van der Waals surface area contributed by atoms with Crippen molar-refractivity contribution >= 4 is 32.7 Å². The standard InChI is InChI=1S/C17H28BrN3O2S/c1-13(23-15-9-7-6-8-14(15)18)12-21-16(19-5)20-10-11-24(22)17(2,3)4/h6-9,13H,10-12H2,1-5H3,(H2,19,20,21). The molecule has 1 aromatic rings. The van der Waals surface area contributed by atoms with Crippen molar-refractivity contribution < 1.29 is 8.95 Å². The Bertz CT molecular complexity index is 573. The molecule has 5 nitrogen and oxygen atoms in total. The summed E-state index contributed by atoms with van der Waals surface area (Å²) in [5.74, 6) is 2.09. The lowest BCUT2D eigenvalue weighted by Crippen LogP contribution is -2.43. The zero-order valence-electron chi connectivity index (χ0n) is 15.1. The number of halogens is 1. The van der Waals surface area contributed by atoms with Crippen molar-refractivity contribution in [2.75, 3.05) is 25.9 Å². The van der Waals surface area contributed by atoms with E-state index in [4.69, 9.17) is 4.74 Å². The van der Waals surface area contributed by atoms with Crippen molar-refractivity contribution in [1.82, 2.24) is 10.6 Å². The summed E-state index contributed by atoms with van der Waals surface area (Å²) in [6.07, 6.45) is -0.0223. The summed E-state index contributed by atoms with van der Waals surface area (Å²) in [6, 6.07) is 7.77. The van der Waals surface area contributed by atoms with Gasteiger partial charge in [0.25, 0.3) is 0 Å². The van der Waals surface area contributed by atoms with E-state index in [9.17, 15) is 4.21 Å². The summed E-state index contributed by atoms with van der Waals surface area (Å²) in [4.78, 5) is 4.17. The first-order valence-corrected chi connectivity index (χ1v) is 10.1. The Kier molecular flexibility index (Phi) is 8.76. The number of nitrogens with zero attached hydrogens (tertiary/aromatic N) is 1. The van der Waals surface area contributed by atoms with E-state index in [1.807, 2.05) is 52.0 Å². The molecule has 136 valence electrons. The zero-order valence-corrected chi connectivity index (χ0v) is 17.5. The van der Waals surface area contributed by atoms with E-state index in [-0.39, 0.29) is 10.9 Å². The van der Waals surface area contributed by atoms with Crippen LogP contribution in [0.5, 0.6) is 5.75 Å². The minimum atomic E-state index is -0.873. The zero-order chi connectivity index (χ0) is 18.2. The van der Waals surface area contributed by atoms with E-state index in [0.29, 0.717) is 24.8 Å². The molecule has 0 saturated heterocycles. The maximum atomic E-state index is 12.0. The van der Waals surface area contributed by atoms with Gasteiger partial charge in [-0.3, -0.25) is 9.20 Å². The Hall–Kier alpha value is -1.08. The summed E-state index contributed by atoms with van der Waals surface area (Å²) < 4.78 is 18.7. The number of guanidine groups is 1. The van der Waals surface area contributed by atoms with Crippen LogP contribution >= 0.6 is 15.9 Å². The molecule has 0 amide bonds. The predicted octanol–water partition coefficient (Wildman–Crippen LogP) is 2.93. The molecule has 1 aromatic carbocycles. The molecule has 2 unspecified atom stereocenters. The van der Waals surface area contributed by atoms with E-state index in [0.717, 1.165) is 10.2 Å². The second-order valence-corrected chi connectivity index (χ2v) is 9.58. The van der Waals surface area contributed by atoms with Gasteiger partial charge in [0.1, 0.15) is 11.9 Å². The highest BCUT2D eigenvalue weighted by Gasteiger charge is 2.18. The number of nitrogens with one attached hydrogen (secondary N) is 2. The fourth-order valence-electron chi connectivity index (χ4n) is 1.83. The highest BCUT2D eigenvalue weighted by Crippen LogP contribution is 2.24. The molecule has 0 bridgehead atoms. The van der Waals surface area contributed by atoms with E-state index >= 15 is 0 Å². The maximum absolute atomic E-state index is 12.0. The van der Waals surface area contributed by atoms with Gasteiger partial charge >= 0.3 is 0 Å². The van der Waals surface area contributed by atoms with Crippen LogP contribution in [0.3, 0.4) is 0 Å². The van der Waals surface area contributed by atoms with Crippen molar-refractivity contribution in [3.63, 3.8) is 0 Å². The highest BCUT2D eigenvalue weighted by molar-refractivity contribution is 9.10. The molecule has 0 saturated carbocycles. The number of benzene rings is 1. The summed E-state index contributed by atoms with van der Waals surface area (Å²) in [7, 11) is 0.845. The Morgan fingerprint density at radius 1 is 1.33 bits per heavy atom. The molecule has 24 heavy (non-hydrogen) atoms. The van der Waals surface area contributed by atoms with E-state index in [1.165, 1.54) is 0 Å². The van der Waals surface area contributed by atoms with Crippen molar-refractivity contribution in [2.24, 2.45) is 4.99 Å². The van der Waals surface area contributed by atoms with E-state index in [2.05, 4.69) is 31.6 Å². The van der Waals surface area contributed by atoms with Gasteiger partial charge in [0.15, 0.2) is 5.96 Å². The topological polar surface area (TPSA) is 62.7 Å². The third-order valence-electron chi connectivity index (χ3n) is 3.21. The lowest BCUT2D eigenvalue weighted by molar-refractivity contribution is 0.222. The third kappa shape index (κ3) is 7.66. The summed E-state index contributed by atoms with van der Waals surface area (Å²) >= 11 is 3.47. The van der Waals surface area contributed by atoms with Crippen LogP contribution in [0.15, 0.2) is 33.7 Å². The van der Waals surface area contributed by atoms with Gasteiger partial charge in [-0.15, -0.1) is 0 Å². The number of hydrogen-bond donors (Lipinski definition) is 2. The van der Waals surface area contributed by atoms with Crippen LogP contribution in [0.1, 0.15) is 27.7 Å². The van der Waals surface area contributed by atoms with Crippen molar-refractivity contribution in [3.8, 4) is 5.75 Å². The summed E-state index contributed by atoms with van der Waals surface area (Å²) in [6.45, 7) is 9.17. The predicted molar refractivity (Wildman–Crippen MR) is 106 cm³/mol. The molecule has 0 aliphatic carbocycles. The minimum absolute atomic E-state index is 0.0223. The summed E-state index contributed by atoms with van der Waals surface area (Å²) in [5.41, 5.74) is 0. The monoisotopic (exact) mass is 417 g/mol. The second-order valence-electron chi connectivity index (χ2n) is 6.40. The van der Waals surface area contributed by atoms with Crippen LogP contribution in [0.25, 0.3) is 0 Å². The quantitative estimate of drug-likeness (QED) is 0.528. The lowest BCUT2D eigenvalue weighted by Gasteiger charge is -2.20. The van der Waals surface area contributed by atoms with Crippen molar-refractivity contribution in [3.05, 3.63) is 28.7 Å². The normalized spacial score (nSPS) is 14.8. The molecule has 1 rings (SSSR count). The van der Waals surface area contributed by atoms with Gasteiger partial charge in [-0.05, 0) is 55.8 Å². The van der Waals surface area contributed by atoms with E-state index < -0.39 is 10.8 Å². The molecule has 0 aromatic heterocycles. The smallest absolute Gasteiger partial charge is 0.191 e. The average molecular weight is 418 g/mol. The molecule has 0 spiro atoms. The Labute approximate surface area is 156 Å². The molecule has 0 fully saturated rings.